The fraction of sp³-hybridized carbons (Fsp3) is 0.174. The van der Waals surface area contributed by atoms with E-state index in [-0.39, 0.29) is 9.90 Å². The number of nitrogens with one attached hydrogen (secondary N) is 1. The average molecular weight is 486 g/mol. The minimum absolute atomic E-state index is 0.0793. The van der Waals surface area contributed by atoms with Gasteiger partial charge in [-0.1, -0.05) is 11.6 Å². The molecule has 0 saturated carbocycles. The summed E-state index contributed by atoms with van der Waals surface area (Å²) in [6.07, 6.45) is 1.54. The van der Waals surface area contributed by atoms with Crippen LogP contribution in [0.3, 0.4) is 0 Å². The number of hydrogen-bond acceptors (Lipinski definition) is 6. The highest BCUT2D eigenvalue weighted by Gasteiger charge is 2.23. The van der Waals surface area contributed by atoms with Crippen LogP contribution in [-0.4, -0.2) is 23.1 Å². The minimum atomic E-state index is -0.796. The molecule has 4 aromatic rings. The molecule has 168 valence electrons. The maximum absolute atomic E-state index is 13.4. The first-order valence-electron chi connectivity index (χ1n) is 9.76. The van der Waals surface area contributed by atoms with Gasteiger partial charge in [-0.3, -0.25) is 4.79 Å². The van der Waals surface area contributed by atoms with Gasteiger partial charge in [0.2, 0.25) is 0 Å². The Morgan fingerprint density at radius 3 is 2.82 bits per heavy atom. The van der Waals surface area contributed by atoms with E-state index in [1.165, 1.54) is 24.5 Å². The molecule has 0 spiro atoms. The lowest BCUT2D eigenvalue weighted by atomic mass is 10.2. The molecule has 0 radical (unpaired) electrons. The summed E-state index contributed by atoms with van der Waals surface area (Å²) >= 11 is 7.22. The van der Waals surface area contributed by atoms with Gasteiger partial charge in [0.1, 0.15) is 28.3 Å². The Morgan fingerprint density at radius 2 is 2.12 bits per heavy atom. The summed E-state index contributed by atoms with van der Waals surface area (Å²) in [5, 5.41) is 12.9. The Bertz CT molecular complexity index is 1420. The standard InChI is InChI=1S/C23H17ClFN3O4S/c1-12-13(2)28(10-15-4-3-7-31-15)22(17(12)9-26)27-19(29)11-32-23(30)21-20(24)16-6-5-14(25)8-18(16)33-21/h3-8H,10-11H2,1-2H3,(H,27,29). The summed E-state index contributed by atoms with van der Waals surface area (Å²) in [4.78, 5) is 25.2. The highest BCUT2D eigenvalue weighted by Crippen LogP contribution is 2.36. The second-order valence-electron chi connectivity index (χ2n) is 7.22. The summed E-state index contributed by atoms with van der Waals surface area (Å²) in [7, 11) is 0. The van der Waals surface area contributed by atoms with Crippen molar-refractivity contribution in [1.82, 2.24) is 4.57 Å². The van der Waals surface area contributed by atoms with Crippen LogP contribution < -0.4 is 5.32 Å². The number of ether oxygens (including phenoxy) is 1. The van der Waals surface area contributed by atoms with Gasteiger partial charge in [0.15, 0.2) is 6.61 Å². The number of nitriles is 1. The Balaban J connectivity index is 1.50. The van der Waals surface area contributed by atoms with Crippen molar-refractivity contribution in [3.8, 4) is 6.07 Å². The van der Waals surface area contributed by atoms with E-state index >= 15 is 0 Å². The van der Waals surface area contributed by atoms with Gasteiger partial charge in [-0.2, -0.15) is 5.26 Å². The highest BCUT2D eigenvalue weighted by molar-refractivity contribution is 7.21. The smallest absolute Gasteiger partial charge is 0.350 e. The average Bonchev–Trinajstić information content (AvgIpc) is 3.47. The largest absolute Gasteiger partial charge is 0.467 e. The monoisotopic (exact) mass is 485 g/mol. The van der Waals surface area contributed by atoms with Crippen LogP contribution in [0.5, 0.6) is 0 Å². The number of fused-ring (bicyclic) bond motifs is 1. The van der Waals surface area contributed by atoms with Crippen molar-refractivity contribution >= 4 is 50.7 Å². The second kappa shape index (κ2) is 9.10. The van der Waals surface area contributed by atoms with Crippen LogP contribution in [0, 0.1) is 31.0 Å². The molecule has 3 aromatic heterocycles. The van der Waals surface area contributed by atoms with Crippen LogP contribution in [-0.2, 0) is 16.1 Å². The number of furan rings is 1. The molecular formula is C23H17ClFN3O4S. The number of amides is 1. The molecule has 1 amide bonds. The molecule has 0 unspecified atom stereocenters. The Morgan fingerprint density at radius 1 is 1.33 bits per heavy atom. The number of carbonyl (C=O) groups is 2. The van der Waals surface area contributed by atoms with Gasteiger partial charge in [0, 0.05) is 15.8 Å². The molecule has 33 heavy (non-hydrogen) atoms. The molecule has 0 saturated heterocycles. The number of hydrogen-bond donors (Lipinski definition) is 1. The van der Waals surface area contributed by atoms with E-state index in [0.717, 1.165) is 22.6 Å². The third-order valence-corrected chi connectivity index (χ3v) is 6.84. The number of halogens is 2. The number of thiophene rings is 1. The third kappa shape index (κ3) is 4.35. The molecule has 0 bridgehead atoms. The van der Waals surface area contributed by atoms with Crippen molar-refractivity contribution < 1.29 is 23.1 Å². The van der Waals surface area contributed by atoms with E-state index in [4.69, 9.17) is 20.8 Å². The maximum atomic E-state index is 13.4. The van der Waals surface area contributed by atoms with Crippen molar-refractivity contribution in [2.24, 2.45) is 0 Å². The molecule has 0 aliphatic heterocycles. The quantitative estimate of drug-likeness (QED) is 0.368. The Kier molecular flexibility index (Phi) is 6.22. The molecule has 4 rings (SSSR count). The number of esters is 1. The SMILES string of the molecule is Cc1c(C#N)c(NC(=O)COC(=O)c2sc3cc(F)ccc3c2Cl)n(Cc2ccco2)c1C. The first-order chi connectivity index (χ1) is 15.8. The van der Waals surface area contributed by atoms with Crippen LogP contribution in [0.4, 0.5) is 10.2 Å². The number of benzene rings is 1. The molecule has 0 atom stereocenters. The van der Waals surface area contributed by atoms with Crippen LogP contribution in [0.1, 0.15) is 32.3 Å². The van der Waals surface area contributed by atoms with Crippen LogP contribution in [0.15, 0.2) is 41.0 Å². The zero-order valence-electron chi connectivity index (χ0n) is 17.6. The lowest BCUT2D eigenvalue weighted by Crippen LogP contribution is -2.23. The Hall–Kier alpha value is -3.61. The van der Waals surface area contributed by atoms with Crippen LogP contribution >= 0.6 is 22.9 Å². The fourth-order valence-electron chi connectivity index (χ4n) is 3.42. The topological polar surface area (TPSA) is 97.3 Å². The maximum Gasteiger partial charge on any atom is 0.350 e. The van der Waals surface area contributed by atoms with Crippen molar-refractivity contribution in [3.05, 3.63) is 74.9 Å². The van der Waals surface area contributed by atoms with Crippen LogP contribution in [0.2, 0.25) is 5.02 Å². The lowest BCUT2D eigenvalue weighted by molar-refractivity contribution is -0.119. The zero-order valence-corrected chi connectivity index (χ0v) is 19.1. The predicted molar refractivity (Wildman–Crippen MR) is 122 cm³/mol. The van der Waals surface area contributed by atoms with Gasteiger partial charge in [-0.25, -0.2) is 9.18 Å². The molecule has 3 heterocycles. The van der Waals surface area contributed by atoms with Gasteiger partial charge in [-0.15, -0.1) is 11.3 Å². The van der Waals surface area contributed by atoms with Gasteiger partial charge in [0.25, 0.3) is 5.91 Å². The summed E-state index contributed by atoms with van der Waals surface area (Å²) in [5.41, 5.74) is 1.83. The first-order valence-corrected chi connectivity index (χ1v) is 11.0. The molecule has 0 fully saturated rings. The number of aromatic nitrogens is 1. The predicted octanol–water partition coefficient (Wildman–Crippen LogP) is 5.42. The fourth-order valence-corrected chi connectivity index (χ4v) is 4.85. The minimum Gasteiger partial charge on any atom is -0.467 e. The summed E-state index contributed by atoms with van der Waals surface area (Å²) in [6, 6.07) is 9.64. The van der Waals surface area contributed by atoms with Crippen LogP contribution in [0.25, 0.3) is 10.1 Å². The van der Waals surface area contributed by atoms with Gasteiger partial charge < -0.3 is 19.0 Å². The molecular weight excluding hydrogens is 469 g/mol. The number of carbonyl (C=O) groups excluding carboxylic acids is 2. The van der Waals surface area contributed by atoms with E-state index in [0.29, 0.717) is 33.8 Å². The van der Waals surface area contributed by atoms with Gasteiger partial charge in [0.05, 0.1) is 23.4 Å². The normalized spacial score (nSPS) is 10.9. The summed E-state index contributed by atoms with van der Waals surface area (Å²) in [5.74, 6) is -0.927. The molecule has 1 N–H and O–H groups in total. The lowest BCUT2D eigenvalue weighted by Gasteiger charge is -2.12. The van der Waals surface area contributed by atoms with E-state index in [1.807, 2.05) is 6.92 Å². The third-order valence-electron chi connectivity index (χ3n) is 5.20. The highest BCUT2D eigenvalue weighted by atomic mass is 35.5. The first kappa shape index (κ1) is 22.6. The van der Waals surface area contributed by atoms with E-state index in [2.05, 4.69) is 11.4 Å². The molecule has 1 aromatic carbocycles. The van der Waals surface area contributed by atoms with Gasteiger partial charge >= 0.3 is 5.97 Å². The zero-order chi connectivity index (χ0) is 23.7. The van der Waals surface area contributed by atoms with Crippen molar-refractivity contribution in [3.63, 3.8) is 0 Å². The number of anilines is 1. The van der Waals surface area contributed by atoms with Crippen molar-refractivity contribution in [1.29, 1.82) is 5.26 Å². The number of rotatable bonds is 6. The van der Waals surface area contributed by atoms with E-state index in [9.17, 15) is 19.2 Å². The second-order valence-corrected chi connectivity index (χ2v) is 8.65. The molecule has 0 aliphatic carbocycles. The van der Waals surface area contributed by atoms with Gasteiger partial charge in [-0.05, 0) is 49.7 Å². The van der Waals surface area contributed by atoms with E-state index in [1.54, 1.807) is 23.6 Å². The van der Waals surface area contributed by atoms with E-state index < -0.39 is 24.3 Å². The Labute approximate surface area is 196 Å². The molecule has 10 heteroatoms. The summed E-state index contributed by atoms with van der Waals surface area (Å²) in [6.45, 7) is 3.34. The van der Waals surface area contributed by atoms with Crippen molar-refractivity contribution in [2.45, 2.75) is 20.4 Å². The number of nitrogens with zero attached hydrogens (tertiary/aromatic N) is 2. The summed E-state index contributed by atoms with van der Waals surface area (Å²) < 4.78 is 26.2. The van der Waals surface area contributed by atoms with Crippen molar-refractivity contribution in [2.75, 3.05) is 11.9 Å². The molecule has 0 aliphatic rings. The molecule has 7 nitrogen and oxygen atoms in total.